The third kappa shape index (κ3) is 3.82. The molecule has 1 aliphatic rings. The van der Waals surface area contributed by atoms with Gasteiger partial charge in [-0.05, 0) is 40.4 Å². The minimum Gasteiger partial charge on any atom is -0.326 e. The van der Waals surface area contributed by atoms with Crippen molar-refractivity contribution in [3.63, 3.8) is 0 Å². The number of nitrogens with zero attached hydrogens (tertiary/aromatic N) is 2. The van der Waals surface area contributed by atoms with Crippen molar-refractivity contribution in [1.29, 1.82) is 0 Å². The van der Waals surface area contributed by atoms with Crippen LogP contribution in [0.15, 0.2) is 0 Å². The number of rotatable bonds is 3. The molecule has 0 aliphatic carbocycles. The zero-order valence-corrected chi connectivity index (χ0v) is 10.7. The van der Waals surface area contributed by atoms with Gasteiger partial charge in [0.15, 0.2) is 0 Å². The van der Waals surface area contributed by atoms with E-state index in [2.05, 4.69) is 0 Å². The molecule has 3 atom stereocenters. The van der Waals surface area contributed by atoms with Crippen LogP contribution in [0.4, 0.5) is 13.2 Å². The molecule has 0 aromatic heterocycles. The molecule has 1 saturated heterocycles. The molecule has 0 spiro atoms. The van der Waals surface area contributed by atoms with Gasteiger partial charge in [0.25, 0.3) is 0 Å². The van der Waals surface area contributed by atoms with E-state index < -0.39 is 18.3 Å². The van der Waals surface area contributed by atoms with Crippen molar-refractivity contribution < 1.29 is 13.2 Å². The Bertz CT molecular complexity index is 241. The molecule has 3 unspecified atom stereocenters. The Kier molecular flexibility index (Phi) is 4.80. The van der Waals surface area contributed by atoms with Gasteiger partial charge in [0, 0.05) is 18.6 Å². The van der Waals surface area contributed by atoms with Gasteiger partial charge >= 0.3 is 6.18 Å². The molecule has 1 heterocycles. The standard InChI is InChI=1S/C11H22F3N3/c1-8(15)10(11(12,13)14)17-6-4-5-9(7-17)16(2)3/h8-10H,4-7,15H2,1-3H3. The second-order valence-corrected chi connectivity index (χ2v) is 5.10. The number of nitrogens with two attached hydrogens (primary N) is 1. The fourth-order valence-corrected chi connectivity index (χ4v) is 2.50. The van der Waals surface area contributed by atoms with E-state index in [0.29, 0.717) is 13.1 Å². The van der Waals surface area contributed by atoms with Crippen molar-refractivity contribution in [2.24, 2.45) is 5.73 Å². The van der Waals surface area contributed by atoms with Crippen LogP contribution in [0.1, 0.15) is 19.8 Å². The average Bonchev–Trinajstić information content (AvgIpc) is 2.15. The molecule has 0 aromatic carbocycles. The summed E-state index contributed by atoms with van der Waals surface area (Å²) < 4.78 is 38.8. The summed E-state index contributed by atoms with van der Waals surface area (Å²) in [6.07, 6.45) is -2.50. The number of hydrogen-bond donors (Lipinski definition) is 1. The number of likely N-dealkylation sites (N-methyl/N-ethyl adjacent to an activating group) is 1. The molecule has 0 bridgehead atoms. The van der Waals surface area contributed by atoms with Gasteiger partial charge in [-0.25, -0.2) is 0 Å². The minimum atomic E-state index is -4.25. The van der Waals surface area contributed by atoms with E-state index in [1.807, 2.05) is 19.0 Å². The Morgan fingerprint density at radius 2 is 1.94 bits per heavy atom. The van der Waals surface area contributed by atoms with Crippen LogP contribution >= 0.6 is 0 Å². The van der Waals surface area contributed by atoms with E-state index >= 15 is 0 Å². The largest absolute Gasteiger partial charge is 0.405 e. The Labute approximate surface area is 101 Å². The summed E-state index contributed by atoms with van der Waals surface area (Å²) in [6, 6.07) is -2.23. The van der Waals surface area contributed by atoms with E-state index in [9.17, 15) is 13.2 Å². The summed E-state index contributed by atoms with van der Waals surface area (Å²) >= 11 is 0. The highest BCUT2D eigenvalue weighted by atomic mass is 19.4. The summed E-state index contributed by atoms with van der Waals surface area (Å²) in [4.78, 5) is 3.47. The van der Waals surface area contributed by atoms with Gasteiger partial charge in [0.1, 0.15) is 6.04 Å². The van der Waals surface area contributed by atoms with Crippen molar-refractivity contribution in [2.75, 3.05) is 27.2 Å². The average molecular weight is 253 g/mol. The Hall–Kier alpha value is -0.330. The van der Waals surface area contributed by atoms with Crippen LogP contribution < -0.4 is 5.73 Å². The second-order valence-electron chi connectivity index (χ2n) is 5.10. The topological polar surface area (TPSA) is 32.5 Å². The van der Waals surface area contributed by atoms with Gasteiger partial charge in [-0.3, -0.25) is 4.90 Å². The summed E-state index contributed by atoms with van der Waals surface area (Å²) in [5.41, 5.74) is 5.50. The van der Waals surface area contributed by atoms with Crippen molar-refractivity contribution >= 4 is 0 Å². The van der Waals surface area contributed by atoms with E-state index in [1.165, 1.54) is 11.8 Å². The third-order valence-corrected chi connectivity index (χ3v) is 3.39. The van der Waals surface area contributed by atoms with E-state index in [0.717, 1.165) is 12.8 Å². The van der Waals surface area contributed by atoms with Gasteiger partial charge in [0.2, 0.25) is 0 Å². The fraction of sp³-hybridized carbons (Fsp3) is 1.00. The number of piperidine rings is 1. The summed E-state index contributed by atoms with van der Waals surface area (Å²) in [5.74, 6) is 0. The number of halogens is 3. The quantitative estimate of drug-likeness (QED) is 0.822. The van der Waals surface area contributed by atoms with E-state index in [4.69, 9.17) is 5.73 Å². The smallest absolute Gasteiger partial charge is 0.326 e. The molecule has 6 heteroatoms. The summed E-state index contributed by atoms with van der Waals surface area (Å²) in [5, 5.41) is 0. The Balaban J connectivity index is 2.75. The zero-order chi connectivity index (χ0) is 13.2. The van der Waals surface area contributed by atoms with E-state index in [-0.39, 0.29) is 6.04 Å². The van der Waals surface area contributed by atoms with Crippen molar-refractivity contribution in [2.45, 2.75) is 44.1 Å². The van der Waals surface area contributed by atoms with Gasteiger partial charge in [-0.15, -0.1) is 0 Å². The summed E-state index contributed by atoms with van der Waals surface area (Å²) in [7, 11) is 3.81. The predicted molar refractivity (Wildman–Crippen MR) is 61.8 cm³/mol. The molecule has 0 aromatic rings. The highest BCUT2D eigenvalue weighted by Crippen LogP contribution is 2.29. The van der Waals surface area contributed by atoms with Crippen molar-refractivity contribution in [3.8, 4) is 0 Å². The molecule has 2 N–H and O–H groups in total. The van der Waals surface area contributed by atoms with Gasteiger partial charge in [-0.1, -0.05) is 0 Å². The highest BCUT2D eigenvalue weighted by molar-refractivity contribution is 4.90. The molecule has 0 amide bonds. The van der Waals surface area contributed by atoms with Crippen LogP contribution in [-0.4, -0.2) is 61.3 Å². The van der Waals surface area contributed by atoms with Gasteiger partial charge < -0.3 is 10.6 Å². The summed E-state index contributed by atoms with van der Waals surface area (Å²) in [6.45, 7) is 2.35. The fourth-order valence-electron chi connectivity index (χ4n) is 2.50. The van der Waals surface area contributed by atoms with Crippen LogP contribution in [0, 0.1) is 0 Å². The van der Waals surface area contributed by atoms with Gasteiger partial charge in [-0.2, -0.15) is 13.2 Å². The van der Waals surface area contributed by atoms with E-state index in [1.54, 1.807) is 0 Å². The van der Waals surface area contributed by atoms with Crippen LogP contribution in [0.3, 0.4) is 0 Å². The lowest BCUT2D eigenvalue weighted by Crippen LogP contribution is -2.59. The highest BCUT2D eigenvalue weighted by Gasteiger charge is 2.46. The zero-order valence-electron chi connectivity index (χ0n) is 10.7. The first-order valence-electron chi connectivity index (χ1n) is 5.96. The maximum absolute atomic E-state index is 12.9. The molecular formula is C11H22F3N3. The molecule has 0 saturated carbocycles. The monoisotopic (exact) mass is 253 g/mol. The minimum absolute atomic E-state index is 0.187. The molecule has 1 fully saturated rings. The Morgan fingerprint density at radius 3 is 2.35 bits per heavy atom. The number of alkyl halides is 3. The first-order valence-corrected chi connectivity index (χ1v) is 5.96. The molecule has 0 radical (unpaired) electrons. The van der Waals surface area contributed by atoms with Crippen LogP contribution in [0.5, 0.6) is 0 Å². The lowest BCUT2D eigenvalue weighted by Gasteiger charge is -2.42. The van der Waals surface area contributed by atoms with Crippen LogP contribution in [0.25, 0.3) is 0 Å². The van der Waals surface area contributed by atoms with Crippen molar-refractivity contribution in [3.05, 3.63) is 0 Å². The molecule has 102 valence electrons. The SMILES string of the molecule is CC(N)C(N1CCCC(N(C)C)C1)C(F)(F)F. The Morgan fingerprint density at radius 1 is 1.35 bits per heavy atom. The molecule has 17 heavy (non-hydrogen) atoms. The van der Waals surface area contributed by atoms with Crippen molar-refractivity contribution in [1.82, 2.24) is 9.80 Å². The first-order chi connectivity index (χ1) is 7.73. The third-order valence-electron chi connectivity index (χ3n) is 3.39. The normalized spacial score (nSPS) is 27.2. The lowest BCUT2D eigenvalue weighted by atomic mass is 10.00. The van der Waals surface area contributed by atoms with Crippen LogP contribution in [-0.2, 0) is 0 Å². The molecule has 1 rings (SSSR count). The predicted octanol–water partition coefficient (Wildman–Crippen LogP) is 1.29. The number of likely N-dealkylation sites (tertiary alicyclic amines) is 1. The maximum atomic E-state index is 12.9. The van der Waals surface area contributed by atoms with Gasteiger partial charge in [0.05, 0.1) is 0 Å². The first kappa shape index (κ1) is 14.7. The lowest BCUT2D eigenvalue weighted by molar-refractivity contribution is -0.192. The molecule has 1 aliphatic heterocycles. The maximum Gasteiger partial charge on any atom is 0.405 e. The second kappa shape index (κ2) is 5.54. The molecular weight excluding hydrogens is 231 g/mol. The molecule has 3 nitrogen and oxygen atoms in total. The number of hydrogen-bond acceptors (Lipinski definition) is 3. The van der Waals surface area contributed by atoms with Crippen LogP contribution in [0.2, 0.25) is 0 Å².